The summed E-state index contributed by atoms with van der Waals surface area (Å²) < 4.78 is 5.58. The number of rotatable bonds is 1. The quantitative estimate of drug-likeness (QED) is 0.725. The predicted octanol–water partition coefficient (Wildman–Crippen LogP) is 3.21. The highest BCUT2D eigenvalue weighted by molar-refractivity contribution is 6.21. The van der Waals surface area contributed by atoms with Crippen molar-refractivity contribution in [2.24, 2.45) is 0 Å². The number of carbonyl (C=O) groups excluding carboxylic acids is 3. The maximum atomic E-state index is 12.9. The Kier molecular flexibility index (Phi) is 3.82. The standard InChI is InChI=1S/C20H24N2O4/c1-20(2,3)26-19(25)21-12-8-10-15(21)16(11-9-12)22-17(23)13-6-4-5-7-14(13)18(22)24/h4-7,12,15-16H,8-11H2,1-3H3/t12?,15-,16?/m0/s1. The third kappa shape index (κ3) is 2.59. The molecule has 6 heteroatoms. The maximum Gasteiger partial charge on any atom is 0.410 e. The first-order chi connectivity index (χ1) is 12.3. The zero-order valence-corrected chi connectivity index (χ0v) is 15.4. The lowest BCUT2D eigenvalue weighted by Gasteiger charge is -2.43. The Balaban J connectivity index is 1.62. The van der Waals surface area contributed by atoms with Gasteiger partial charge in [0.15, 0.2) is 0 Å². The molecule has 2 fully saturated rings. The summed E-state index contributed by atoms with van der Waals surface area (Å²) >= 11 is 0. The van der Waals surface area contributed by atoms with Crippen LogP contribution in [0.4, 0.5) is 4.79 Å². The second-order valence-corrected chi connectivity index (χ2v) is 8.36. The van der Waals surface area contributed by atoms with Crippen LogP contribution in [-0.4, -0.2) is 51.4 Å². The van der Waals surface area contributed by atoms with Gasteiger partial charge in [0, 0.05) is 6.04 Å². The highest BCUT2D eigenvalue weighted by Crippen LogP contribution is 2.41. The largest absolute Gasteiger partial charge is 0.444 e. The Morgan fingerprint density at radius 1 is 0.962 bits per heavy atom. The molecule has 0 aliphatic carbocycles. The minimum atomic E-state index is -0.570. The van der Waals surface area contributed by atoms with Gasteiger partial charge < -0.3 is 9.64 Å². The van der Waals surface area contributed by atoms with Crippen LogP contribution in [0.1, 0.15) is 67.2 Å². The van der Waals surface area contributed by atoms with Crippen LogP contribution in [0, 0.1) is 0 Å². The van der Waals surface area contributed by atoms with Crippen molar-refractivity contribution in [3.63, 3.8) is 0 Å². The molecule has 0 radical (unpaired) electrons. The van der Waals surface area contributed by atoms with E-state index in [9.17, 15) is 14.4 Å². The number of piperidine rings is 1. The summed E-state index contributed by atoms with van der Waals surface area (Å²) in [6, 6.07) is 6.63. The Hall–Kier alpha value is -2.37. The lowest BCUT2D eigenvalue weighted by Crippen LogP contribution is -2.58. The maximum absolute atomic E-state index is 12.9. The van der Waals surface area contributed by atoms with E-state index in [-0.39, 0.29) is 36.0 Å². The van der Waals surface area contributed by atoms with Crippen LogP contribution in [0.15, 0.2) is 24.3 Å². The van der Waals surface area contributed by atoms with Crippen molar-refractivity contribution < 1.29 is 19.1 Å². The zero-order valence-electron chi connectivity index (χ0n) is 15.4. The molecule has 26 heavy (non-hydrogen) atoms. The fourth-order valence-electron chi connectivity index (χ4n) is 4.54. The number of nitrogens with zero attached hydrogens (tertiary/aromatic N) is 2. The number of amides is 3. The Morgan fingerprint density at radius 2 is 1.50 bits per heavy atom. The van der Waals surface area contributed by atoms with Gasteiger partial charge in [0.1, 0.15) is 5.60 Å². The monoisotopic (exact) mass is 356 g/mol. The number of hydrogen-bond acceptors (Lipinski definition) is 4. The van der Waals surface area contributed by atoms with Crippen molar-refractivity contribution >= 4 is 17.9 Å². The van der Waals surface area contributed by atoms with Crippen molar-refractivity contribution in [3.8, 4) is 0 Å². The molecule has 1 aromatic rings. The molecule has 0 saturated carbocycles. The summed E-state index contributed by atoms with van der Waals surface area (Å²) in [5, 5.41) is 0. The smallest absolute Gasteiger partial charge is 0.410 e. The SMILES string of the molecule is CC(C)(C)OC(=O)N1C2CCC(N3C(=O)c4ccccc4C3=O)[C@@H]1CC2. The normalized spacial score (nSPS) is 27.7. The molecular weight excluding hydrogens is 332 g/mol. The van der Waals surface area contributed by atoms with Gasteiger partial charge in [-0.15, -0.1) is 0 Å². The molecular formula is C20H24N2O4. The van der Waals surface area contributed by atoms with E-state index in [1.165, 1.54) is 4.90 Å². The summed E-state index contributed by atoms with van der Waals surface area (Å²) in [7, 11) is 0. The summed E-state index contributed by atoms with van der Waals surface area (Å²) in [5.74, 6) is -0.491. The van der Waals surface area contributed by atoms with Gasteiger partial charge in [-0.2, -0.15) is 0 Å². The third-order valence-corrected chi connectivity index (χ3v) is 5.55. The number of benzene rings is 1. The lowest BCUT2D eigenvalue weighted by molar-refractivity contribution is -0.00764. The predicted molar refractivity (Wildman–Crippen MR) is 94.8 cm³/mol. The minimum Gasteiger partial charge on any atom is -0.444 e. The molecule has 2 unspecified atom stereocenters. The summed E-state index contributed by atoms with van der Waals surface area (Å²) in [6.07, 6.45) is 2.87. The Morgan fingerprint density at radius 3 is 2.04 bits per heavy atom. The van der Waals surface area contributed by atoms with Crippen molar-refractivity contribution in [2.75, 3.05) is 0 Å². The number of imide groups is 1. The van der Waals surface area contributed by atoms with E-state index in [2.05, 4.69) is 0 Å². The molecule has 6 nitrogen and oxygen atoms in total. The first-order valence-electron chi connectivity index (χ1n) is 9.26. The molecule has 0 aromatic heterocycles. The minimum absolute atomic E-state index is 0.140. The van der Waals surface area contributed by atoms with Crippen LogP contribution in [0.2, 0.25) is 0 Å². The van der Waals surface area contributed by atoms with Crippen LogP contribution < -0.4 is 0 Å². The molecule has 3 aliphatic rings. The van der Waals surface area contributed by atoms with Crippen LogP contribution in [0.5, 0.6) is 0 Å². The van der Waals surface area contributed by atoms with E-state index < -0.39 is 5.60 Å². The fraction of sp³-hybridized carbons (Fsp3) is 0.550. The highest BCUT2D eigenvalue weighted by atomic mass is 16.6. The summed E-state index contributed by atoms with van der Waals surface area (Å²) in [4.78, 5) is 41.6. The number of carbonyl (C=O) groups is 3. The summed E-state index contributed by atoms with van der Waals surface area (Å²) in [6.45, 7) is 5.54. The molecule has 2 saturated heterocycles. The number of hydrogen-bond donors (Lipinski definition) is 0. The average molecular weight is 356 g/mol. The van der Waals surface area contributed by atoms with Crippen LogP contribution in [0.3, 0.4) is 0 Å². The van der Waals surface area contributed by atoms with Crippen molar-refractivity contribution in [2.45, 2.75) is 70.2 Å². The van der Waals surface area contributed by atoms with Crippen LogP contribution >= 0.6 is 0 Å². The zero-order chi connectivity index (χ0) is 18.6. The van der Waals surface area contributed by atoms with E-state index in [1.807, 2.05) is 20.8 Å². The molecule has 3 atom stereocenters. The van der Waals surface area contributed by atoms with Gasteiger partial charge in [-0.1, -0.05) is 12.1 Å². The van der Waals surface area contributed by atoms with Gasteiger partial charge in [-0.3, -0.25) is 14.5 Å². The number of fused-ring (bicyclic) bond motifs is 3. The van der Waals surface area contributed by atoms with Gasteiger partial charge in [-0.05, 0) is 58.6 Å². The molecule has 2 bridgehead atoms. The molecule has 138 valence electrons. The second-order valence-electron chi connectivity index (χ2n) is 8.36. The molecule has 3 amide bonds. The summed E-state index contributed by atoms with van der Waals surface area (Å²) in [5.41, 5.74) is 0.349. The third-order valence-electron chi connectivity index (χ3n) is 5.55. The first-order valence-corrected chi connectivity index (χ1v) is 9.26. The lowest BCUT2D eigenvalue weighted by atomic mass is 9.96. The highest BCUT2D eigenvalue weighted by Gasteiger charge is 2.52. The van der Waals surface area contributed by atoms with Gasteiger partial charge in [-0.25, -0.2) is 4.79 Å². The Bertz CT molecular complexity index is 747. The average Bonchev–Trinajstić information content (AvgIpc) is 3.02. The van der Waals surface area contributed by atoms with E-state index in [1.54, 1.807) is 29.2 Å². The van der Waals surface area contributed by atoms with Crippen molar-refractivity contribution in [1.29, 1.82) is 0 Å². The molecule has 0 spiro atoms. The van der Waals surface area contributed by atoms with E-state index >= 15 is 0 Å². The van der Waals surface area contributed by atoms with E-state index in [0.29, 0.717) is 11.1 Å². The fourth-order valence-corrected chi connectivity index (χ4v) is 4.54. The second kappa shape index (κ2) is 5.83. The Labute approximate surface area is 153 Å². The van der Waals surface area contributed by atoms with E-state index in [4.69, 9.17) is 4.74 Å². The van der Waals surface area contributed by atoms with Gasteiger partial charge in [0.25, 0.3) is 11.8 Å². The topological polar surface area (TPSA) is 66.9 Å². The van der Waals surface area contributed by atoms with Crippen molar-refractivity contribution in [1.82, 2.24) is 9.80 Å². The van der Waals surface area contributed by atoms with Gasteiger partial charge >= 0.3 is 6.09 Å². The molecule has 3 aliphatic heterocycles. The molecule has 1 aromatic carbocycles. The number of ether oxygens (including phenoxy) is 1. The van der Waals surface area contributed by atoms with E-state index in [0.717, 1.165) is 25.7 Å². The first kappa shape index (κ1) is 17.1. The van der Waals surface area contributed by atoms with Gasteiger partial charge in [0.05, 0.1) is 23.2 Å². The molecule has 4 rings (SSSR count). The molecule has 0 N–H and O–H groups in total. The van der Waals surface area contributed by atoms with Gasteiger partial charge in [0.2, 0.25) is 0 Å². The van der Waals surface area contributed by atoms with Crippen LogP contribution in [0.25, 0.3) is 0 Å². The van der Waals surface area contributed by atoms with Crippen LogP contribution in [-0.2, 0) is 4.74 Å². The van der Waals surface area contributed by atoms with Crippen molar-refractivity contribution in [3.05, 3.63) is 35.4 Å². The molecule has 3 heterocycles.